The van der Waals surface area contributed by atoms with Crippen LogP contribution in [0, 0.1) is 12.8 Å². The molecular weight excluding hydrogens is 378 g/mol. The summed E-state index contributed by atoms with van der Waals surface area (Å²) in [7, 11) is -0.158. The molecule has 2 saturated heterocycles. The Bertz CT molecular complexity index is 804. The molecule has 1 atom stereocenters. The molecule has 0 aliphatic carbocycles. The van der Waals surface area contributed by atoms with Crippen LogP contribution < -0.4 is 10.1 Å². The first-order valence-electron chi connectivity index (χ1n) is 9.95. The van der Waals surface area contributed by atoms with E-state index in [0.717, 1.165) is 37.9 Å². The number of sulfonamides is 1. The number of piperidine rings is 2. The summed E-state index contributed by atoms with van der Waals surface area (Å²) in [5, 5.41) is 3.14. The number of aryl methyl sites for hydroxylation is 1. The van der Waals surface area contributed by atoms with Gasteiger partial charge in [0.2, 0.25) is 15.9 Å². The van der Waals surface area contributed by atoms with Crippen molar-refractivity contribution in [2.75, 3.05) is 40.3 Å². The van der Waals surface area contributed by atoms with Gasteiger partial charge in [0.15, 0.2) is 0 Å². The van der Waals surface area contributed by atoms with Gasteiger partial charge < -0.3 is 15.0 Å². The quantitative estimate of drug-likeness (QED) is 0.799. The first-order chi connectivity index (χ1) is 13.3. The maximum atomic E-state index is 13.2. The van der Waals surface area contributed by atoms with Crippen LogP contribution in [0.5, 0.6) is 5.75 Å². The molecule has 0 spiro atoms. The second-order valence-electron chi connectivity index (χ2n) is 7.94. The van der Waals surface area contributed by atoms with Gasteiger partial charge in [-0.15, -0.1) is 0 Å². The molecule has 2 fully saturated rings. The average Bonchev–Trinajstić information content (AvgIpc) is 2.69. The second kappa shape index (κ2) is 8.80. The lowest BCUT2D eigenvalue weighted by atomic mass is 9.97. The van der Waals surface area contributed by atoms with E-state index < -0.39 is 10.0 Å². The fraction of sp³-hybridized carbons (Fsp3) is 0.650. The number of nitrogens with one attached hydrogen (secondary N) is 1. The topological polar surface area (TPSA) is 79.0 Å². The molecular formula is C20H31N3O4S. The highest BCUT2D eigenvalue weighted by Gasteiger charge is 2.35. The van der Waals surface area contributed by atoms with Crippen LogP contribution in [-0.4, -0.2) is 69.9 Å². The van der Waals surface area contributed by atoms with Crippen LogP contribution >= 0.6 is 0 Å². The predicted octanol–water partition coefficient (Wildman–Crippen LogP) is 1.61. The normalized spacial score (nSPS) is 22.8. The standard InChI is InChI=1S/C20H31N3O4S/c1-15-6-7-18(27-3)19(13-15)28(25,26)23-10-4-5-16(14-23)20(24)21-17-8-11-22(2)12-9-17/h6-7,13,16-17H,4-5,8-12,14H2,1-3H3,(H,21,24)/t16-/m0/s1. The molecule has 2 aliphatic heterocycles. The number of hydrogen-bond acceptors (Lipinski definition) is 5. The van der Waals surface area contributed by atoms with E-state index in [-0.39, 0.29) is 29.3 Å². The van der Waals surface area contributed by atoms with Gasteiger partial charge in [0.1, 0.15) is 10.6 Å². The van der Waals surface area contributed by atoms with Crippen LogP contribution in [0.25, 0.3) is 0 Å². The number of nitrogens with zero attached hydrogens (tertiary/aromatic N) is 2. The number of carbonyl (C=O) groups excluding carboxylic acids is 1. The highest BCUT2D eigenvalue weighted by molar-refractivity contribution is 7.89. The number of hydrogen-bond donors (Lipinski definition) is 1. The number of amides is 1. The van der Waals surface area contributed by atoms with Crippen molar-refractivity contribution in [3.05, 3.63) is 23.8 Å². The first kappa shape index (κ1) is 21.1. The van der Waals surface area contributed by atoms with Crippen molar-refractivity contribution in [3.8, 4) is 5.75 Å². The molecule has 28 heavy (non-hydrogen) atoms. The molecule has 1 amide bonds. The Morgan fingerprint density at radius 3 is 2.57 bits per heavy atom. The van der Waals surface area contributed by atoms with Gasteiger partial charge >= 0.3 is 0 Å². The largest absolute Gasteiger partial charge is 0.495 e. The lowest BCUT2D eigenvalue weighted by molar-refractivity contribution is -0.127. The summed E-state index contributed by atoms with van der Waals surface area (Å²) in [6.07, 6.45) is 3.28. The zero-order valence-corrected chi connectivity index (χ0v) is 17.8. The maximum absolute atomic E-state index is 13.2. The molecule has 2 heterocycles. The van der Waals surface area contributed by atoms with Crippen LogP contribution in [0.15, 0.2) is 23.1 Å². The SMILES string of the molecule is COc1ccc(C)cc1S(=O)(=O)N1CCC[C@H](C(=O)NC2CCN(C)CC2)C1. The molecule has 7 nitrogen and oxygen atoms in total. The summed E-state index contributed by atoms with van der Waals surface area (Å²) in [4.78, 5) is 15.2. The minimum Gasteiger partial charge on any atom is -0.495 e. The van der Waals surface area contributed by atoms with Crippen molar-refractivity contribution in [1.29, 1.82) is 0 Å². The molecule has 156 valence electrons. The minimum atomic E-state index is -3.71. The smallest absolute Gasteiger partial charge is 0.246 e. The molecule has 0 aromatic heterocycles. The summed E-state index contributed by atoms with van der Waals surface area (Å²) in [6.45, 7) is 4.45. The highest BCUT2D eigenvalue weighted by atomic mass is 32.2. The average molecular weight is 410 g/mol. The lowest BCUT2D eigenvalue weighted by Crippen LogP contribution is -2.49. The van der Waals surface area contributed by atoms with E-state index in [1.165, 1.54) is 11.4 Å². The van der Waals surface area contributed by atoms with Crippen molar-refractivity contribution in [2.24, 2.45) is 5.92 Å². The molecule has 1 aromatic rings. The molecule has 2 aliphatic rings. The number of likely N-dealkylation sites (tertiary alicyclic amines) is 1. The van der Waals surface area contributed by atoms with E-state index in [4.69, 9.17) is 4.74 Å². The van der Waals surface area contributed by atoms with Gasteiger partial charge in [-0.25, -0.2) is 8.42 Å². The summed E-state index contributed by atoms with van der Waals surface area (Å²) < 4.78 is 33.2. The monoisotopic (exact) mass is 409 g/mol. The summed E-state index contributed by atoms with van der Waals surface area (Å²) in [5.74, 6) is 0.00754. The van der Waals surface area contributed by atoms with Crippen LogP contribution in [0.2, 0.25) is 0 Å². The first-order valence-corrected chi connectivity index (χ1v) is 11.4. The van der Waals surface area contributed by atoms with Crippen LogP contribution in [-0.2, 0) is 14.8 Å². The van der Waals surface area contributed by atoms with E-state index in [2.05, 4.69) is 17.3 Å². The van der Waals surface area contributed by atoms with Crippen molar-refractivity contribution < 1.29 is 17.9 Å². The zero-order chi connectivity index (χ0) is 20.3. The molecule has 1 aromatic carbocycles. The van der Waals surface area contributed by atoms with Gasteiger partial charge in [0.25, 0.3) is 0 Å². The Morgan fingerprint density at radius 1 is 1.18 bits per heavy atom. The van der Waals surface area contributed by atoms with E-state index in [1.807, 2.05) is 13.0 Å². The molecule has 0 saturated carbocycles. The maximum Gasteiger partial charge on any atom is 0.246 e. The fourth-order valence-corrected chi connectivity index (χ4v) is 5.74. The Hall–Kier alpha value is -1.64. The van der Waals surface area contributed by atoms with Gasteiger partial charge in [-0.05, 0) is 70.4 Å². The van der Waals surface area contributed by atoms with Gasteiger partial charge in [0.05, 0.1) is 13.0 Å². The number of rotatable bonds is 5. The fourth-order valence-electron chi connectivity index (χ4n) is 3.97. The van der Waals surface area contributed by atoms with E-state index in [0.29, 0.717) is 18.7 Å². The summed E-state index contributed by atoms with van der Waals surface area (Å²) in [6, 6.07) is 5.33. The van der Waals surface area contributed by atoms with Crippen molar-refractivity contribution in [3.63, 3.8) is 0 Å². The molecule has 8 heteroatoms. The number of carbonyl (C=O) groups is 1. The molecule has 3 rings (SSSR count). The Kier molecular flexibility index (Phi) is 6.62. The summed E-state index contributed by atoms with van der Waals surface area (Å²) in [5.41, 5.74) is 0.855. The Morgan fingerprint density at radius 2 is 1.89 bits per heavy atom. The van der Waals surface area contributed by atoms with E-state index in [9.17, 15) is 13.2 Å². The van der Waals surface area contributed by atoms with E-state index in [1.54, 1.807) is 12.1 Å². The van der Waals surface area contributed by atoms with Gasteiger partial charge in [0, 0.05) is 19.1 Å². The third-order valence-corrected chi connectivity index (χ3v) is 7.64. The summed E-state index contributed by atoms with van der Waals surface area (Å²) >= 11 is 0. The highest BCUT2D eigenvalue weighted by Crippen LogP contribution is 2.30. The van der Waals surface area contributed by atoms with Crippen molar-refractivity contribution >= 4 is 15.9 Å². The van der Waals surface area contributed by atoms with Gasteiger partial charge in [-0.1, -0.05) is 6.07 Å². The van der Waals surface area contributed by atoms with Crippen LogP contribution in [0.1, 0.15) is 31.2 Å². The number of benzene rings is 1. The Balaban J connectivity index is 1.70. The van der Waals surface area contributed by atoms with Crippen molar-refractivity contribution in [1.82, 2.24) is 14.5 Å². The number of ether oxygens (including phenoxy) is 1. The number of methoxy groups -OCH3 is 1. The molecule has 0 bridgehead atoms. The second-order valence-corrected chi connectivity index (χ2v) is 9.85. The zero-order valence-electron chi connectivity index (χ0n) is 17.0. The minimum absolute atomic E-state index is 0.0225. The molecule has 0 unspecified atom stereocenters. The third-order valence-electron chi connectivity index (χ3n) is 5.76. The van der Waals surface area contributed by atoms with Crippen LogP contribution in [0.3, 0.4) is 0 Å². The molecule has 0 radical (unpaired) electrons. The van der Waals surface area contributed by atoms with Crippen LogP contribution in [0.4, 0.5) is 0 Å². The van der Waals surface area contributed by atoms with Gasteiger partial charge in [-0.2, -0.15) is 4.31 Å². The Labute approximate surface area is 168 Å². The predicted molar refractivity (Wildman–Crippen MR) is 108 cm³/mol. The van der Waals surface area contributed by atoms with E-state index >= 15 is 0 Å². The lowest BCUT2D eigenvalue weighted by Gasteiger charge is -2.34. The van der Waals surface area contributed by atoms with Gasteiger partial charge in [-0.3, -0.25) is 4.79 Å². The third kappa shape index (κ3) is 4.67. The van der Waals surface area contributed by atoms with Crippen molar-refractivity contribution in [2.45, 2.75) is 43.5 Å². The molecule has 1 N–H and O–H groups in total.